The van der Waals surface area contributed by atoms with Crippen LogP contribution < -0.4 is 19.1 Å². The summed E-state index contributed by atoms with van der Waals surface area (Å²) in [6.07, 6.45) is 0. The van der Waals surface area contributed by atoms with Gasteiger partial charge in [0.15, 0.2) is 17.3 Å². The quantitative estimate of drug-likeness (QED) is 0.564. The molecule has 1 saturated heterocycles. The number of benzene rings is 1. The van der Waals surface area contributed by atoms with Gasteiger partial charge in [-0.15, -0.1) is 11.3 Å². The highest BCUT2D eigenvalue weighted by molar-refractivity contribution is 7.19. The number of carbonyl (C=O) groups excluding carboxylic acids is 1. The number of ether oxygens (including phenoxy) is 3. The van der Waals surface area contributed by atoms with Gasteiger partial charge in [-0.05, 0) is 24.6 Å². The fourth-order valence-corrected chi connectivity index (χ4v) is 5.00. The molecule has 3 heterocycles. The second-order valence-electron chi connectivity index (χ2n) is 7.63. The summed E-state index contributed by atoms with van der Waals surface area (Å²) in [5, 5.41) is 10.5. The summed E-state index contributed by atoms with van der Waals surface area (Å²) in [6.45, 7) is 6.05. The molecule has 1 amide bonds. The number of nitrogens with zero attached hydrogens (tertiary/aromatic N) is 5. The molecule has 0 spiro atoms. The number of anilines is 1. The third-order valence-electron chi connectivity index (χ3n) is 5.82. The van der Waals surface area contributed by atoms with Crippen molar-refractivity contribution in [3.8, 4) is 34.7 Å². The number of hydrogen-bond acceptors (Lipinski definition) is 9. The molecule has 1 aliphatic heterocycles. The van der Waals surface area contributed by atoms with E-state index in [1.165, 1.54) is 11.3 Å². The summed E-state index contributed by atoms with van der Waals surface area (Å²) in [4.78, 5) is 26.9. The van der Waals surface area contributed by atoms with Crippen LogP contribution in [0.1, 0.15) is 17.4 Å². The SMILES string of the molecule is COc1cc(-c2nc(N3CCN(C(C)=O)CC3)c3c(C)c(C#N)sc3n2)cc(OC)c1OC. The zero-order valence-corrected chi connectivity index (χ0v) is 20.1. The fraction of sp³-hybridized carbons (Fsp3) is 0.391. The van der Waals surface area contributed by atoms with Gasteiger partial charge in [-0.1, -0.05) is 0 Å². The maximum absolute atomic E-state index is 11.8. The van der Waals surface area contributed by atoms with Crippen molar-refractivity contribution < 1.29 is 19.0 Å². The molecule has 1 aliphatic rings. The van der Waals surface area contributed by atoms with Crippen LogP contribution in [-0.4, -0.2) is 68.3 Å². The van der Waals surface area contributed by atoms with Gasteiger partial charge in [0.05, 0.1) is 26.7 Å². The lowest BCUT2D eigenvalue weighted by molar-refractivity contribution is -0.129. The largest absolute Gasteiger partial charge is 0.493 e. The Labute approximate surface area is 196 Å². The van der Waals surface area contributed by atoms with Gasteiger partial charge in [-0.2, -0.15) is 5.26 Å². The minimum Gasteiger partial charge on any atom is -0.493 e. The van der Waals surface area contributed by atoms with E-state index in [0.29, 0.717) is 59.7 Å². The van der Waals surface area contributed by atoms with Gasteiger partial charge in [0.1, 0.15) is 21.6 Å². The van der Waals surface area contributed by atoms with E-state index in [1.807, 2.05) is 24.0 Å². The Morgan fingerprint density at radius 2 is 1.70 bits per heavy atom. The first-order chi connectivity index (χ1) is 15.9. The molecule has 0 N–H and O–H groups in total. The molecule has 0 atom stereocenters. The number of nitriles is 1. The van der Waals surface area contributed by atoms with Crippen molar-refractivity contribution in [2.45, 2.75) is 13.8 Å². The van der Waals surface area contributed by atoms with E-state index < -0.39 is 0 Å². The van der Waals surface area contributed by atoms with Crippen molar-refractivity contribution >= 4 is 33.3 Å². The zero-order chi connectivity index (χ0) is 23.7. The average Bonchev–Trinajstić information content (AvgIpc) is 3.17. The molecule has 0 bridgehead atoms. The Balaban J connectivity index is 1.88. The van der Waals surface area contributed by atoms with Gasteiger partial charge in [-0.25, -0.2) is 9.97 Å². The Morgan fingerprint density at radius 1 is 1.06 bits per heavy atom. The van der Waals surface area contributed by atoms with E-state index in [4.69, 9.17) is 24.2 Å². The summed E-state index contributed by atoms with van der Waals surface area (Å²) in [5.74, 6) is 2.83. The van der Waals surface area contributed by atoms with Gasteiger partial charge in [0.2, 0.25) is 11.7 Å². The Kier molecular flexibility index (Phi) is 6.24. The summed E-state index contributed by atoms with van der Waals surface area (Å²) in [7, 11) is 4.68. The smallest absolute Gasteiger partial charge is 0.219 e. The molecular weight excluding hydrogens is 442 g/mol. The highest BCUT2D eigenvalue weighted by atomic mass is 32.1. The number of hydrogen-bond donors (Lipinski definition) is 0. The van der Waals surface area contributed by atoms with E-state index in [1.54, 1.807) is 28.3 Å². The van der Waals surface area contributed by atoms with Crippen LogP contribution in [0.3, 0.4) is 0 Å². The first-order valence-electron chi connectivity index (χ1n) is 10.4. The third kappa shape index (κ3) is 4.00. The Bertz CT molecular complexity index is 1230. The lowest BCUT2D eigenvalue weighted by Gasteiger charge is -2.35. The van der Waals surface area contributed by atoms with Crippen molar-refractivity contribution in [1.82, 2.24) is 14.9 Å². The van der Waals surface area contributed by atoms with E-state index >= 15 is 0 Å². The molecule has 3 aromatic rings. The van der Waals surface area contributed by atoms with Crippen LogP contribution in [0.25, 0.3) is 21.6 Å². The second kappa shape index (κ2) is 9.11. The summed E-state index contributed by atoms with van der Waals surface area (Å²) in [5.41, 5.74) is 1.58. The van der Waals surface area contributed by atoms with Crippen LogP contribution in [-0.2, 0) is 4.79 Å². The van der Waals surface area contributed by atoms with Gasteiger partial charge in [-0.3, -0.25) is 4.79 Å². The highest BCUT2D eigenvalue weighted by Crippen LogP contribution is 2.42. The average molecular weight is 468 g/mol. The van der Waals surface area contributed by atoms with E-state index in [2.05, 4.69) is 11.0 Å². The number of piperazine rings is 1. The summed E-state index contributed by atoms with van der Waals surface area (Å²) >= 11 is 1.35. The lowest BCUT2D eigenvalue weighted by atomic mass is 10.1. The molecule has 4 rings (SSSR count). The van der Waals surface area contributed by atoms with Crippen molar-refractivity contribution in [2.24, 2.45) is 0 Å². The number of fused-ring (bicyclic) bond motifs is 1. The van der Waals surface area contributed by atoms with E-state index in [9.17, 15) is 10.1 Å². The molecule has 9 nitrogen and oxygen atoms in total. The fourth-order valence-electron chi connectivity index (χ4n) is 4.03. The first kappa shape index (κ1) is 22.6. The number of methoxy groups -OCH3 is 3. The van der Waals surface area contributed by atoms with Gasteiger partial charge in [0.25, 0.3) is 0 Å². The monoisotopic (exact) mass is 467 g/mol. The maximum atomic E-state index is 11.8. The third-order valence-corrected chi connectivity index (χ3v) is 6.91. The standard InChI is InChI=1S/C23H25N5O4S/c1-13-18(12-24)33-23-19(13)22(28-8-6-27(7-9-28)14(2)29)25-21(26-23)15-10-16(30-3)20(32-5)17(11-15)31-4/h10-11H,6-9H2,1-5H3. The molecule has 172 valence electrons. The number of thiophene rings is 1. The molecule has 0 saturated carbocycles. The second-order valence-corrected chi connectivity index (χ2v) is 8.63. The van der Waals surface area contributed by atoms with Crippen LogP contribution >= 0.6 is 11.3 Å². The molecule has 0 unspecified atom stereocenters. The molecule has 10 heteroatoms. The van der Waals surface area contributed by atoms with Crippen LogP contribution in [0.4, 0.5) is 5.82 Å². The first-order valence-corrected chi connectivity index (χ1v) is 11.3. The lowest BCUT2D eigenvalue weighted by Crippen LogP contribution is -2.48. The Hall–Kier alpha value is -3.58. The predicted molar refractivity (Wildman–Crippen MR) is 126 cm³/mol. The van der Waals surface area contributed by atoms with E-state index in [0.717, 1.165) is 21.6 Å². The summed E-state index contributed by atoms with van der Waals surface area (Å²) < 4.78 is 16.4. The molecular formula is C23H25N5O4S. The molecule has 0 aliphatic carbocycles. The summed E-state index contributed by atoms with van der Waals surface area (Å²) in [6, 6.07) is 5.89. The molecule has 33 heavy (non-hydrogen) atoms. The Morgan fingerprint density at radius 3 is 2.21 bits per heavy atom. The molecule has 1 aromatic carbocycles. The van der Waals surface area contributed by atoms with Crippen LogP contribution in [0.15, 0.2) is 12.1 Å². The van der Waals surface area contributed by atoms with Crippen molar-refractivity contribution in [3.05, 3.63) is 22.6 Å². The number of amides is 1. The highest BCUT2D eigenvalue weighted by Gasteiger charge is 2.26. The maximum Gasteiger partial charge on any atom is 0.219 e. The van der Waals surface area contributed by atoms with E-state index in [-0.39, 0.29) is 5.91 Å². The van der Waals surface area contributed by atoms with Gasteiger partial charge < -0.3 is 24.0 Å². The number of rotatable bonds is 5. The molecule has 1 fully saturated rings. The topological polar surface area (TPSA) is 101 Å². The van der Waals surface area contributed by atoms with Gasteiger partial charge >= 0.3 is 0 Å². The van der Waals surface area contributed by atoms with Gasteiger partial charge in [0, 0.05) is 38.7 Å². The minimum atomic E-state index is 0.0686. The van der Waals surface area contributed by atoms with Crippen molar-refractivity contribution in [1.29, 1.82) is 5.26 Å². The zero-order valence-electron chi connectivity index (χ0n) is 19.3. The predicted octanol–water partition coefficient (Wildman–Crippen LogP) is 3.23. The van der Waals surface area contributed by atoms with Crippen LogP contribution in [0, 0.1) is 18.3 Å². The van der Waals surface area contributed by atoms with Crippen molar-refractivity contribution in [2.75, 3.05) is 52.4 Å². The van der Waals surface area contributed by atoms with Crippen molar-refractivity contribution in [3.63, 3.8) is 0 Å². The molecule has 2 aromatic heterocycles. The number of carbonyl (C=O) groups is 1. The normalized spacial score (nSPS) is 13.7. The number of aryl methyl sites for hydroxylation is 1. The number of aromatic nitrogens is 2. The molecule has 0 radical (unpaired) electrons. The van der Waals surface area contributed by atoms with Crippen LogP contribution in [0.5, 0.6) is 17.2 Å². The minimum absolute atomic E-state index is 0.0686. The van der Waals surface area contributed by atoms with Crippen LogP contribution in [0.2, 0.25) is 0 Å².